The van der Waals surface area contributed by atoms with Crippen molar-refractivity contribution in [3.05, 3.63) is 158 Å². The fourth-order valence-corrected chi connectivity index (χ4v) is 8.12. The molecule has 0 spiro atoms. The summed E-state index contributed by atoms with van der Waals surface area (Å²) in [6, 6.07) is 57.9. The van der Waals surface area contributed by atoms with Gasteiger partial charge in [-0.25, -0.2) is 0 Å². The van der Waals surface area contributed by atoms with E-state index in [0.717, 1.165) is 0 Å². The first-order valence-corrected chi connectivity index (χ1v) is 15.6. The highest BCUT2D eigenvalue weighted by atomic mass is 32.2. The largest absolute Gasteiger partial charge is 0.0888 e. The van der Waals surface area contributed by atoms with Crippen molar-refractivity contribution in [2.75, 3.05) is 0 Å². The van der Waals surface area contributed by atoms with Crippen LogP contribution >= 0.6 is 11.8 Å². The van der Waals surface area contributed by atoms with Crippen molar-refractivity contribution in [2.45, 2.75) is 9.79 Å². The Morgan fingerprint density at radius 3 is 1.51 bits per heavy atom. The van der Waals surface area contributed by atoms with Gasteiger partial charge in [-0.15, -0.1) is 0 Å². The molecule has 0 saturated heterocycles. The van der Waals surface area contributed by atoms with Crippen LogP contribution < -0.4 is 0 Å². The molecule has 0 aromatic heterocycles. The summed E-state index contributed by atoms with van der Waals surface area (Å²) in [5.74, 6) is 0. The van der Waals surface area contributed by atoms with Crippen molar-refractivity contribution in [1.29, 1.82) is 0 Å². The zero-order chi connectivity index (χ0) is 28.3. The molecule has 8 aromatic rings. The molecular weight excluding hydrogens is 537 g/mol. The van der Waals surface area contributed by atoms with Crippen LogP contribution in [0.4, 0.5) is 0 Å². The molecule has 1 aliphatic heterocycles. The van der Waals surface area contributed by atoms with E-state index in [1.54, 1.807) is 0 Å². The molecule has 0 unspecified atom stereocenters. The Bertz CT molecular complexity index is 2290. The maximum Gasteiger partial charge on any atom is 0.0207 e. The lowest BCUT2D eigenvalue weighted by atomic mass is 9.85. The van der Waals surface area contributed by atoms with Crippen LogP contribution in [0, 0.1) is 0 Å². The predicted molar refractivity (Wildman–Crippen MR) is 185 cm³/mol. The molecule has 0 N–H and O–H groups in total. The van der Waals surface area contributed by atoms with Crippen molar-refractivity contribution < 1.29 is 0 Å². The van der Waals surface area contributed by atoms with E-state index in [4.69, 9.17) is 0 Å². The Morgan fingerprint density at radius 2 is 0.860 bits per heavy atom. The third-order valence-corrected chi connectivity index (χ3v) is 9.98. The average molecular weight is 563 g/mol. The molecule has 0 nitrogen and oxygen atoms in total. The molecule has 0 fully saturated rings. The van der Waals surface area contributed by atoms with Crippen LogP contribution in [0.25, 0.3) is 76.8 Å². The van der Waals surface area contributed by atoms with Gasteiger partial charge in [0.05, 0.1) is 0 Å². The molecule has 0 amide bonds. The average Bonchev–Trinajstić information content (AvgIpc) is 3.07. The monoisotopic (exact) mass is 562 g/mol. The van der Waals surface area contributed by atoms with Crippen molar-refractivity contribution in [3.8, 4) is 44.5 Å². The second kappa shape index (κ2) is 9.73. The van der Waals surface area contributed by atoms with Gasteiger partial charge in [-0.3, -0.25) is 0 Å². The van der Waals surface area contributed by atoms with E-state index in [1.807, 2.05) is 11.8 Å². The highest BCUT2D eigenvalue weighted by molar-refractivity contribution is 7.99. The van der Waals surface area contributed by atoms with E-state index in [9.17, 15) is 0 Å². The minimum Gasteiger partial charge on any atom is -0.0888 e. The standard InChI is InChI=1S/C42H26S/c1-2-10-28(11-3-1)40-34-14-4-6-16-36(34)41(37-17-7-5-15-35(37)40)30-22-20-27(21-23-30)31-24-25-32-33-18-8-12-29-13-9-19-38(42(29)33)43-39(32)26-31/h1-26H. The Balaban J connectivity index is 1.17. The highest BCUT2D eigenvalue weighted by Gasteiger charge is 2.20. The Morgan fingerprint density at radius 1 is 0.326 bits per heavy atom. The van der Waals surface area contributed by atoms with Gasteiger partial charge < -0.3 is 0 Å². The minimum atomic E-state index is 1.23. The first-order valence-electron chi connectivity index (χ1n) is 14.8. The molecule has 9 rings (SSSR count). The van der Waals surface area contributed by atoms with E-state index in [1.165, 1.54) is 86.6 Å². The first kappa shape index (κ1) is 24.5. The summed E-state index contributed by atoms with van der Waals surface area (Å²) >= 11 is 1.89. The fraction of sp³-hybridized carbons (Fsp3) is 0. The maximum atomic E-state index is 2.36. The maximum absolute atomic E-state index is 2.36. The van der Waals surface area contributed by atoms with E-state index in [0.29, 0.717) is 0 Å². The number of hydrogen-bond acceptors (Lipinski definition) is 1. The lowest BCUT2D eigenvalue weighted by Crippen LogP contribution is -1.93. The number of rotatable bonds is 3. The molecule has 0 saturated carbocycles. The van der Waals surface area contributed by atoms with Crippen LogP contribution in [-0.2, 0) is 0 Å². The second-order valence-corrected chi connectivity index (χ2v) is 12.3. The fourth-order valence-electron chi connectivity index (χ4n) is 6.93. The molecule has 8 aromatic carbocycles. The zero-order valence-electron chi connectivity index (χ0n) is 23.4. The van der Waals surface area contributed by atoms with Crippen LogP contribution in [0.3, 0.4) is 0 Å². The van der Waals surface area contributed by atoms with Gasteiger partial charge in [0.25, 0.3) is 0 Å². The van der Waals surface area contributed by atoms with Crippen LogP contribution in [0.5, 0.6) is 0 Å². The van der Waals surface area contributed by atoms with Crippen LogP contribution in [-0.4, -0.2) is 0 Å². The third kappa shape index (κ3) is 3.86. The molecule has 1 aliphatic rings. The number of fused-ring (bicyclic) bond motifs is 4. The van der Waals surface area contributed by atoms with E-state index in [-0.39, 0.29) is 0 Å². The van der Waals surface area contributed by atoms with Gasteiger partial charge in [0.2, 0.25) is 0 Å². The third-order valence-electron chi connectivity index (χ3n) is 8.86. The van der Waals surface area contributed by atoms with Gasteiger partial charge in [-0.2, -0.15) is 0 Å². The van der Waals surface area contributed by atoms with E-state index >= 15 is 0 Å². The van der Waals surface area contributed by atoms with Crippen molar-refractivity contribution >= 4 is 44.1 Å². The Kier molecular flexibility index (Phi) is 5.54. The summed E-state index contributed by atoms with van der Waals surface area (Å²) in [5, 5.41) is 7.82. The van der Waals surface area contributed by atoms with Gasteiger partial charge in [-0.1, -0.05) is 157 Å². The predicted octanol–water partition coefficient (Wildman–Crippen LogP) is 12.3. The van der Waals surface area contributed by atoms with Crippen LogP contribution in [0.1, 0.15) is 0 Å². The molecule has 1 heteroatoms. The summed E-state index contributed by atoms with van der Waals surface area (Å²) in [4.78, 5) is 2.66. The molecule has 43 heavy (non-hydrogen) atoms. The molecule has 0 bridgehead atoms. The molecule has 0 atom stereocenters. The summed E-state index contributed by atoms with van der Waals surface area (Å²) in [6.45, 7) is 0. The lowest BCUT2D eigenvalue weighted by Gasteiger charge is -2.21. The number of hydrogen-bond donors (Lipinski definition) is 0. The van der Waals surface area contributed by atoms with E-state index < -0.39 is 0 Å². The van der Waals surface area contributed by atoms with Crippen molar-refractivity contribution in [3.63, 3.8) is 0 Å². The molecule has 1 heterocycles. The van der Waals surface area contributed by atoms with Gasteiger partial charge in [0.15, 0.2) is 0 Å². The van der Waals surface area contributed by atoms with Gasteiger partial charge in [0.1, 0.15) is 0 Å². The van der Waals surface area contributed by atoms with Crippen molar-refractivity contribution in [2.24, 2.45) is 0 Å². The second-order valence-electron chi connectivity index (χ2n) is 11.3. The van der Waals surface area contributed by atoms with Gasteiger partial charge >= 0.3 is 0 Å². The Hall–Kier alpha value is -5.11. The normalized spacial score (nSPS) is 12.1. The zero-order valence-corrected chi connectivity index (χ0v) is 24.2. The highest BCUT2D eigenvalue weighted by Crippen LogP contribution is 2.49. The lowest BCUT2D eigenvalue weighted by molar-refractivity contribution is 1.39. The summed E-state index contributed by atoms with van der Waals surface area (Å²) in [5.41, 5.74) is 10.2. The number of benzene rings is 8. The topological polar surface area (TPSA) is 0 Å². The first-order chi connectivity index (χ1) is 21.3. The molecule has 0 aliphatic carbocycles. The SMILES string of the molecule is c1ccc(-c2c3ccccc3c(-c3ccc(-c4ccc5c(c4)Sc4cccc6cccc-5c46)cc3)c3ccccc23)cc1. The summed E-state index contributed by atoms with van der Waals surface area (Å²) in [7, 11) is 0. The Labute approximate surface area is 255 Å². The minimum absolute atomic E-state index is 1.23. The molecule has 0 radical (unpaired) electrons. The molecule has 200 valence electrons. The smallest absolute Gasteiger partial charge is 0.0207 e. The van der Waals surface area contributed by atoms with E-state index in [2.05, 4.69) is 158 Å². The van der Waals surface area contributed by atoms with Crippen molar-refractivity contribution in [1.82, 2.24) is 0 Å². The van der Waals surface area contributed by atoms with Gasteiger partial charge in [-0.05, 0) is 83.6 Å². The quantitative estimate of drug-likeness (QED) is 0.193. The summed E-state index contributed by atoms with van der Waals surface area (Å²) in [6.07, 6.45) is 0. The molecular formula is C42H26S. The summed E-state index contributed by atoms with van der Waals surface area (Å²) < 4.78 is 0. The van der Waals surface area contributed by atoms with Crippen LogP contribution in [0.2, 0.25) is 0 Å². The van der Waals surface area contributed by atoms with Crippen LogP contribution in [0.15, 0.2) is 168 Å². The van der Waals surface area contributed by atoms with Gasteiger partial charge in [0, 0.05) is 15.2 Å².